The normalized spacial score (nSPS) is 8.80. The Hall–Kier alpha value is -2.98. The predicted molar refractivity (Wildman–Crippen MR) is 61.5 cm³/mol. The molecule has 0 heterocycles. The Balaban J connectivity index is 0. The van der Waals surface area contributed by atoms with Gasteiger partial charge in [-0.05, 0) is 12.1 Å². The van der Waals surface area contributed by atoms with Crippen LogP contribution in [0.15, 0.2) is 12.1 Å². The van der Waals surface area contributed by atoms with Gasteiger partial charge < -0.3 is 31.4 Å². The Morgan fingerprint density at radius 1 is 0.550 bits per heavy atom. The molecule has 0 amide bonds. The average Bonchev–Trinajstić information content (AvgIpc) is 2.26. The highest BCUT2D eigenvalue weighted by Crippen LogP contribution is 2.18. The fourth-order valence-electron chi connectivity index (χ4n) is 1.31. The van der Waals surface area contributed by atoms with Gasteiger partial charge in [-0.15, -0.1) is 0 Å². The minimum absolute atomic E-state index is 0. The van der Waals surface area contributed by atoms with E-state index in [4.69, 9.17) is 20.4 Å². The fourth-order valence-corrected chi connectivity index (χ4v) is 1.31. The van der Waals surface area contributed by atoms with Crippen LogP contribution >= 0.6 is 0 Å². The van der Waals surface area contributed by atoms with E-state index in [2.05, 4.69) is 0 Å². The smallest absolute Gasteiger partial charge is 0.336 e. The molecule has 20 heavy (non-hydrogen) atoms. The lowest BCUT2D eigenvalue weighted by Crippen LogP contribution is -2.15. The molecule has 0 bridgehead atoms. The molecule has 8 N–H and O–H groups in total. The van der Waals surface area contributed by atoms with Crippen molar-refractivity contribution < 1.29 is 50.6 Å². The van der Waals surface area contributed by atoms with E-state index in [1.807, 2.05) is 0 Å². The molecule has 0 spiro atoms. The zero-order valence-corrected chi connectivity index (χ0v) is 9.58. The van der Waals surface area contributed by atoms with Crippen molar-refractivity contribution in [3.8, 4) is 0 Å². The van der Waals surface area contributed by atoms with Crippen LogP contribution in [0.1, 0.15) is 41.4 Å². The van der Waals surface area contributed by atoms with Crippen molar-refractivity contribution in [1.29, 1.82) is 0 Å². The van der Waals surface area contributed by atoms with Crippen LogP contribution in [0.4, 0.5) is 0 Å². The van der Waals surface area contributed by atoms with Crippen molar-refractivity contribution in [2.75, 3.05) is 0 Å². The predicted octanol–water partition coefficient (Wildman–Crippen LogP) is -1.17. The summed E-state index contributed by atoms with van der Waals surface area (Å²) in [5, 5.41) is 35.0. The minimum Gasteiger partial charge on any atom is -0.478 e. The van der Waals surface area contributed by atoms with Crippen LogP contribution in [0.2, 0.25) is 0 Å². The summed E-state index contributed by atoms with van der Waals surface area (Å²) in [4.78, 5) is 43.1. The zero-order valence-electron chi connectivity index (χ0n) is 9.58. The highest BCUT2D eigenvalue weighted by atomic mass is 16.4. The standard InChI is InChI=1S/C10H6O8.2H2O/c11-7(12)3-1-4(8(13)14)6(10(17)18)2-5(3)9(15)16;;/h1-2H,(H,11,12)(H,13,14)(H,15,16)(H,17,18);2*1H2. The third-order valence-electron chi connectivity index (χ3n) is 2.08. The SMILES string of the molecule is O.O.O=C(O)c1cc(C(=O)O)c(C(=O)O)cc1C(=O)O. The van der Waals surface area contributed by atoms with Crippen molar-refractivity contribution >= 4 is 23.9 Å². The maximum Gasteiger partial charge on any atom is 0.336 e. The van der Waals surface area contributed by atoms with E-state index in [-0.39, 0.29) is 11.0 Å². The number of rotatable bonds is 4. The molecule has 0 saturated carbocycles. The van der Waals surface area contributed by atoms with Gasteiger partial charge >= 0.3 is 23.9 Å². The van der Waals surface area contributed by atoms with Crippen LogP contribution in [-0.4, -0.2) is 55.3 Å². The molecule has 110 valence electrons. The van der Waals surface area contributed by atoms with Gasteiger partial charge in [0.1, 0.15) is 0 Å². The second kappa shape index (κ2) is 6.82. The number of carbonyl (C=O) groups is 4. The van der Waals surface area contributed by atoms with Gasteiger partial charge in [-0.25, -0.2) is 19.2 Å². The highest BCUT2D eigenvalue weighted by Gasteiger charge is 2.24. The Morgan fingerprint density at radius 3 is 0.800 bits per heavy atom. The molecule has 0 aliphatic heterocycles. The molecule has 0 radical (unpaired) electrons. The fraction of sp³-hybridized carbons (Fsp3) is 0. The molecule has 1 rings (SSSR count). The van der Waals surface area contributed by atoms with Crippen LogP contribution in [-0.2, 0) is 0 Å². The van der Waals surface area contributed by atoms with E-state index < -0.39 is 46.1 Å². The zero-order chi connectivity index (χ0) is 14.0. The van der Waals surface area contributed by atoms with E-state index >= 15 is 0 Å². The summed E-state index contributed by atoms with van der Waals surface area (Å²) in [6.07, 6.45) is 0. The van der Waals surface area contributed by atoms with Crippen LogP contribution in [0.25, 0.3) is 0 Å². The first-order valence-electron chi connectivity index (χ1n) is 4.37. The Bertz CT molecular complexity index is 475. The molecule has 0 saturated heterocycles. The van der Waals surface area contributed by atoms with Crippen LogP contribution in [0.5, 0.6) is 0 Å². The summed E-state index contributed by atoms with van der Waals surface area (Å²) in [5.74, 6) is -6.64. The lowest BCUT2D eigenvalue weighted by atomic mass is 9.98. The largest absolute Gasteiger partial charge is 0.478 e. The number of aromatic carboxylic acids is 4. The van der Waals surface area contributed by atoms with Gasteiger partial charge in [0.15, 0.2) is 0 Å². The Morgan fingerprint density at radius 2 is 0.700 bits per heavy atom. The third-order valence-corrected chi connectivity index (χ3v) is 2.08. The molecule has 0 aromatic heterocycles. The van der Waals surface area contributed by atoms with Crippen LogP contribution < -0.4 is 0 Å². The van der Waals surface area contributed by atoms with Crippen molar-refractivity contribution in [2.24, 2.45) is 0 Å². The molecule has 10 nitrogen and oxygen atoms in total. The van der Waals surface area contributed by atoms with Gasteiger partial charge in [0.2, 0.25) is 0 Å². The van der Waals surface area contributed by atoms with Crippen LogP contribution in [0.3, 0.4) is 0 Å². The van der Waals surface area contributed by atoms with Crippen molar-refractivity contribution in [3.05, 3.63) is 34.4 Å². The first kappa shape index (κ1) is 19.4. The average molecular weight is 290 g/mol. The molecule has 0 aliphatic carbocycles. The molecular formula is C10H10O10. The first-order chi connectivity index (χ1) is 8.25. The molecule has 0 atom stereocenters. The molecule has 1 aromatic rings. The maximum absolute atomic E-state index is 10.8. The van der Waals surface area contributed by atoms with E-state index in [9.17, 15) is 19.2 Å². The summed E-state index contributed by atoms with van der Waals surface area (Å²) < 4.78 is 0. The minimum atomic E-state index is -1.66. The quantitative estimate of drug-likeness (QED) is 0.528. The third kappa shape index (κ3) is 3.51. The van der Waals surface area contributed by atoms with E-state index in [0.717, 1.165) is 0 Å². The molecular weight excluding hydrogens is 280 g/mol. The van der Waals surface area contributed by atoms with Crippen LogP contribution in [0, 0.1) is 0 Å². The first-order valence-corrected chi connectivity index (χ1v) is 4.37. The van der Waals surface area contributed by atoms with Gasteiger partial charge in [0, 0.05) is 0 Å². The summed E-state index contributed by atoms with van der Waals surface area (Å²) in [6.45, 7) is 0. The van der Waals surface area contributed by atoms with Crippen molar-refractivity contribution in [3.63, 3.8) is 0 Å². The van der Waals surface area contributed by atoms with E-state index in [1.54, 1.807) is 0 Å². The summed E-state index contributed by atoms with van der Waals surface area (Å²) >= 11 is 0. The van der Waals surface area contributed by atoms with Gasteiger partial charge in [0.25, 0.3) is 0 Å². The van der Waals surface area contributed by atoms with Crippen molar-refractivity contribution in [2.45, 2.75) is 0 Å². The molecule has 10 heteroatoms. The highest BCUT2D eigenvalue weighted by molar-refractivity contribution is 6.09. The Labute approximate surface area is 110 Å². The molecule has 1 aromatic carbocycles. The van der Waals surface area contributed by atoms with Gasteiger partial charge in [-0.3, -0.25) is 0 Å². The topological polar surface area (TPSA) is 212 Å². The second-order valence-corrected chi connectivity index (χ2v) is 3.16. The summed E-state index contributed by atoms with van der Waals surface area (Å²) in [7, 11) is 0. The lowest BCUT2D eigenvalue weighted by molar-refractivity contribution is 0.0637. The molecule has 0 aliphatic rings. The van der Waals surface area contributed by atoms with Crippen molar-refractivity contribution in [1.82, 2.24) is 0 Å². The number of carboxylic acid groups (broad SMARTS) is 4. The van der Waals surface area contributed by atoms with Gasteiger partial charge in [-0.1, -0.05) is 0 Å². The number of carboxylic acids is 4. The maximum atomic E-state index is 10.8. The number of benzene rings is 1. The Kier molecular flexibility index (Phi) is 6.60. The summed E-state index contributed by atoms with van der Waals surface area (Å²) in [5.41, 5.74) is -3.15. The van der Waals surface area contributed by atoms with E-state index in [1.165, 1.54) is 0 Å². The van der Waals surface area contributed by atoms with Gasteiger partial charge in [-0.2, -0.15) is 0 Å². The molecule has 0 unspecified atom stereocenters. The number of hydrogen-bond acceptors (Lipinski definition) is 4. The second-order valence-electron chi connectivity index (χ2n) is 3.16. The number of hydrogen-bond donors (Lipinski definition) is 4. The van der Waals surface area contributed by atoms with E-state index in [0.29, 0.717) is 12.1 Å². The van der Waals surface area contributed by atoms with Gasteiger partial charge in [0.05, 0.1) is 22.3 Å². The lowest BCUT2D eigenvalue weighted by Gasteiger charge is -2.06. The summed E-state index contributed by atoms with van der Waals surface area (Å²) in [6, 6.07) is 1.02. The monoisotopic (exact) mass is 290 g/mol. The molecule has 0 fully saturated rings.